The monoisotopic (exact) mass is 400 g/mol. The summed E-state index contributed by atoms with van der Waals surface area (Å²) in [4.78, 5) is 25.8. The molecule has 0 saturated heterocycles. The van der Waals surface area contributed by atoms with Crippen LogP contribution in [0, 0.1) is 6.92 Å². The molecule has 4 aromatic rings. The van der Waals surface area contributed by atoms with E-state index in [9.17, 15) is 4.79 Å². The summed E-state index contributed by atoms with van der Waals surface area (Å²) in [5, 5.41) is 4.74. The highest BCUT2D eigenvalue weighted by molar-refractivity contribution is 7.99. The number of rotatable bonds is 6. The molecule has 0 bridgehead atoms. The standard InChI is InChI=1S/C21H19BN5OS/c1-14-12-25-21(27(14)17-9-3-6-15-7-4-10-23-19(15)17)29-13-18(28)26-16-8-5-11-24-20(16)22-2/h3-12H,13H2,1-2H3,(H,26,28). The quantitative estimate of drug-likeness (QED) is 0.398. The topological polar surface area (TPSA) is 72.7 Å². The van der Waals surface area contributed by atoms with Gasteiger partial charge in [-0.25, -0.2) is 4.98 Å². The third kappa shape index (κ3) is 4.02. The Morgan fingerprint density at radius 1 is 1.10 bits per heavy atom. The van der Waals surface area contributed by atoms with Crippen molar-refractivity contribution in [3.8, 4) is 5.69 Å². The van der Waals surface area contributed by atoms with E-state index in [-0.39, 0.29) is 11.7 Å². The normalized spacial score (nSPS) is 10.8. The first-order valence-corrected chi connectivity index (χ1v) is 10.2. The summed E-state index contributed by atoms with van der Waals surface area (Å²) in [6.45, 7) is 3.89. The minimum Gasteiger partial charge on any atom is -0.325 e. The van der Waals surface area contributed by atoms with E-state index >= 15 is 0 Å². The molecule has 1 amide bonds. The van der Waals surface area contributed by atoms with Crippen molar-refractivity contribution in [2.24, 2.45) is 0 Å². The molecule has 6 nitrogen and oxygen atoms in total. The van der Waals surface area contributed by atoms with Gasteiger partial charge in [-0.15, -0.1) is 0 Å². The van der Waals surface area contributed by atoms with Crippen LogP contribution in [0.1, 0.15) is 5.69 Å². The fourth-order valence-corrected chi connectivity index (χ4v) is 3.98. The zero-order chi connectivity index (χ0) is 20.2. The van der Waals surface area contributed by atoms with Crippen LogP contribution in [0.15, 0.2) is 66.2 Å². The van der Waals surface area contributed by atoms with Gasteiger partial charge < -0.3 is 5.32 Å². The second-order valence-corrected chi connectivity index (χ2v) is 7.37. The molecule has 1 N–H and O–H groups in total. The van der Waals surface area contributed by atoms with Crippen LogP contribution in [0.25, 0.3) is 16.6 Å². The van der Waals surface area contributed by atoms with Gasteiger partial charge in [0, 0.05) is 35.3 Å². The molecule has 8 heteroatoms. The predicted molar refractivity (Wildman–Crippen MR) is 118 cm³/mol. The first kappa shape index (κ1) is 19.2. The van der Waals surface area contributed by atoms with Crippen LogP contribution in [0.3, 0.4) is 0 Å². The van der Waals surface area contributed by atoms with Crippen molar-refractivity contribution in [3.63, 3.8) is 0 Å². The van der Waals surface area contributed by atoms with Gasteiger partial charge in [0.25, 0.3) is 0 Å². The average Bonchev–Trinajstić information content (AvgIpc) is 3.12. The molecule has 143 valence electrons. The summed E-state index contributed by atoms with van der Waals surface area (Å²) >= 11 is 1.39. The van der Waals surface area contributed by atoms with Crippen molar-refractivity contribution in [1.82, 2.24) is 19.5 Å². The second kappa shape index (κ2) is 8.49. The van der Waals surface area contributed by atoms with Crippen LogP contribution in [-0.2, 0) is 4.79 Å². The van der Waals surface area contributed by atoms with Gasteiger partial charge in [-0.3, -0.25) is 19.3 Å². The van der Waals surface area contributed by atoms with Crippen LogP contribution >= 0.6 is 11.8 Å². The number of anilines is 1. The molecular weight excluding hydrogens is 381 g/mol. The maximum Gasteiger partial charge on any atom is 0.234 e. The average molecular weight is 400 g/mol. The number of nitrogens with one attached hydrogen (secondary N) is 1. The fraction of sp³-hybridized carbons (Fsp3) is 0.143. The van der Waals surface area contributed by atoms with E-state index in [1.165, 1.54) is 11.8 Å². The van der Waals surface area contributed by atoms with Gasteiger partial charge in [0.2, 0.25) is 5.91 Å². The first-order chi connectivity index (χ1) is 14.2. The first-order valence-electron chi connectivity index (χ1n) is 9.23. The van der Waals surface area contributed by atoms with Gasteiger partial charge in [-0.1, -0.05) is 36.8 Å². The SMILES string of the molecule is C[B]c1ncccc1NC(=O)CSc1ncc(C)n1-c1cccc2cccnc12. The number of aromatic nitrogens is 4. The number of pyridine rings is 2. The van der Waals surface area contributed by atoms with E-state index in [1.807, 2.05) is 68.2 Å². The summed E-state index contributed by atoms with van der Waals surface area (Å²) in [5.41, 5.74) is 4.31. The van der Waals surface area contributed by atoms with E-state index in [4.69, 9.17) is 0 Å². The Morgan fingerprint density at radius 2 is 1.90 bits per heavy atom. The number of imidazole rings is 1. The Labute approximate surface area is 174 Å². The van der Waals surface area contributed by atoms with Crippen LogP contribution in [0.5, 0.6) is 0 Å². The number of hydrogen-bond acceptors (Lipinski definition) is 5. The van der Waals surface area contributed by atoms with Crippen molar-refractivity contribution < 1.29 is 4.79 Å². The van der Waals surface area contributed by atoms with Crippen LogP contribution in [0.2, 0.25) is 6.82 Å². The highest BCUT2D eigenvalue weighted by Gasteiger charge is 2.15. The third-order valence-corrected chi connectivity index (χ3v) is 5.43. The molecule has 0 spiro atoms. The van der Waals surface area contributed by atoms with Crippen LogP contribution in [-0.4, -0.2) is 38.5 Å². The number of amides is 1. The third-order valence-electron chi connectivity index (χ3n) is 4.48. The number of hydrogen-bond donors (Lipinski definition) is 1. The Balaban J connectivity index is 1.56. The number of thioether (sulfide) groups is 1. The van der Waals surface area contributed by atoms with Crippen LogP contribution < -0.4 is 10.9 Å². The minimum absolute atomic E-state index is 0.102. The molecule has 1 aromatic carbocycles. The molecule has 0 aliphatic heterocycles. The van der Waals surface area contributed by atoms with Gasteiger partial charge in [0.15, 0.2) is 12.4 Å². The van der Waals surface area contributed by atoms with E-state index in [2.05, 4.69) is 20.3 Å². The molecule has 0 atom stereocenters. The summed E-state index contributed by atoms with van der Waals surface area (Å²) in [6, 6.07) is 13.7. The van der Waals surface area contributed by atoms with Crippen molar-refractivity contribution in [2.45, 2.75) is 18.9 Å². The largest absolute Gasteiger partial charge is 0.325 e. The van der Waals surface area contributed by atoms with Crippen molar-refractivity contribution >= 4 is 47.1 Å². The van der Waals surface area contributed by atoms with Crippen molar-refractivity contribution in [3.05, 3.63) is 66.7 Å². The molecule has 0 fully saturated rings. The molecule has 3 aromatic heterocycles. The number of benzene rings is 1. The summed E-state index contributed by atoms with van der Waals surface area (Å²) in [7, 11) is 1.87. The Hall–Kier alpha value is -3.13. The van der Waals surface area contributed by atoms with Gasteiger partial charge in [-0.2, -0.15) is 0 Å². The fourth-order valence-electron chi connectivity index (χ4n) is 3.15. The lowest BCUT2D eigenvalue weighted by Gasteiger charge is -2.12. The Kier molecular flexibility index (Phi) is 5.62. The molecule has 29 heavy (non-hydrogen) atoms. The highest BCUT2D eigenvalue weighted by atomic mass is 32.2. The molecule has 3 heterocycles. The summed E-state index contributed by atoms with van der Waals surface area (Å²) in [5.74, 6) is 0.140. The Morgan fingerprint density at radius 3 is 2.76 bits per heavy atom. The summed E-state index contributed by atoms with van der Waals surface area (Å²) < 4.78 is 2.04. The van der Waals surface area contributed by atoms with E-state index in [0.717, 1.165) is 33.0 Å². The predicted octanol–water partition coefficient (Wildman–Crippen LogP) is 3.23. The lowest BCUT2D eigenvalue weighted by Crippen LogP contribution is -2.25. The molecule has 1 radical (unpaired) electrons. The highest BCUT2D eigenvalue weighted by Crippen LogP contribution is 2.27. The van der Waals surface area contributed by atoms with Crippen molar-refractivity contribution in [2.75, 3.05) is 11.1 Å². The maximum absolute atomic E-state index is 12.5. The number of fused-ring (bicyclic) bond motifs is 1. The van der Waals surface area contributed by atoms with Crippen molar-refractivity contribution in [1.29, 1.82) is 0 Å². The van der Waals surface area contributed by atoms with Gasteiger partial charge >= 0.3 is 0 Å². The number of para-hydroxylation sites is 1. The Bertz CT molecular complexity index is 1170. The van der Waals surface area contributed by atoms with Crippen LogP contribution in [0.4, 0.5) is 5.69 Å². The minimum atomic E-state index is -0.102. The molecule has 0 unspecified atom stereocenters. The molecule has 0 aliphatic carbocycles. The van der Waals surface area contributed by atoms with E-state index in [1.54, 1.807) is 18.5 Å². The van der Waals surface area contributed by atoms with Gasteiger partial charge in [-0.05, 0) is 31.2 Å². The molecule has 4 rings (SSSR count). The van der Waals surface area contributed by atoms with Gasteiger partial charge in [0.1, 0.15) is 0 Å². The number of carbonyl (C=O) groups is 1. The second-order valence-electron chi connectivity index (χ2n) is 6.43. The van der Waals surface area contributed by atoms with E-state index in [0.29, 0.717) is 5.69 Å². The van der Waals surface area contributed by atoms with E-state index < -0.39 is 0 Å². The number of carbonyl (C=O) groups excluding carboxylic acids is 1. The smallest absolute Gasteiger partial charge is 0.234 e. The zero-order valence-electron chi connectivity index (χ0n) is 16.2. The molecule has 0 saturated carbocycles. The maximum atomic E-state index is 12.5. The lowest BCUT2D eigenvalue weighted by atomic mass is 9.76. The van der Waals surface area contributed by atoms with Gasteiger partial charge in [0.05, 0.1) is 22.6 Å². The lowest BCUT2D eigenvalue weighted by molar-refractivity contribution is -0.113. The number of nitrogens with zero attached hydrogens (tertiary/aromatic N) is 4. The summed E-state index contributed by atoms with van der Waals surface area (Å²) in [6.07, 6.45) is 5.30. The number of aryl methyl sites for hydroxylation is 1. The molecular formula is C21H19BN5OS. The molecule has 0 aliphatic rings. The zero-order valence-corrected chi connectivity index (χ0v) is 17.0.